The summed E-state index contributed by atoms with van der Waals surface area (Å²) >= 11 is 0. The van der Waals surface area contributed by atoms with E-state index in [1.54, 1.807) is 0 Å². The summed E-state index contributed by atoms with van der Waals surface area (Å²) in [7, 11) is -1.41. The van der Waals surface area contributed by atoms with Gasteiger partial charge in [0.25, 0.3) is 0 Å². The minimum absolute atomic E-state index is 0.0165. The van der Waals surface area contributed by atoms with Crippen LogP contribution < -0.4 is 5.32 Å². The lowest BCUT2D eigenvalue weighted by atomic mass is 10.1. The maximum atomic E-state index is 13.4. The van der Waals surface area contributed by atoms with E-state index in [0.29, 0.717) is 12.2 Å². The van der Waals surface area contributed by atoms with E-state index in [9.17, 15) is 13.0 Å². The normalized spacial score (nSPS) is 13.6. The highest BCUT2D eigenvalue weighted by molar-refractivity contribution is 7.85. The number of benzene rings is 1. The van der Waals surface area contributed by atoms with Crippen LogP contribution in [0.1, 0.15) is 27.2 Å². The third kappa shape index (κ3) is 5.23. The minimum Gasteiger partial charge on any atom is -0.312 e. The first-order valence-electron chi connectivity index (χ1n) is 5.88. The smallest absolute Gasteiger partial charge is 0.142 e. The lowest BCUT2D eigenvalue weighted by Gasteiger charge is -2.20. The third-order valence-electron chi connectivity index (χ3n) is 2.30. The Morgan fingerprint density at radius 2 is 1.94 bits per heavy atom. The van der Waals surface area contributed by atoms with E-state index >= 15 is 0 Å². The molecule has 0 amide bonds. The molecule has 0 bridgehead atoms. The lowest BCUT2D eigenvalue weighted by molar-refractivity contribution is 0.427. The van der Waals surface area contributed by atoms with E-state index in [0.717, 1.165) is 18.7 Å². The molecule has 0 spiro atoms. The molecule has 0 heterocycles. The van der Waals surface area contributed by atoms with Crippen LogP contribution >= 0.6 is 0 Å². The fourth-order valence-electron chi connectivity index (χ4n) is 1.44. The van der Waals surface area contributed by atoms with E-state index in [1.807, 2.05) is 20.8 Å². The summed E-state index contributed by atoms with van der Waals surface area (Å²) in [6.45, 7) is 6.86. The Hall–Kier alpha value is -0.810. The van der Waals surface area contributed by atoms with E-state index < -0.39 is 22.4 Å². The van der Waals surface area contributed by atoms with Gasteiger partial charge in [0.2, 0.25) is 0 Å². The van der Waals surface area contributed by atoms with Crippen LogP contribution in [-0.2, 0) is 10.8 Å². The Morgan fingerprint density at radius 1 is 1.28 bits per heavy atom. The third-order valence-corrected chi connectivity index (χ3v) is 3.78. The highest BCUT2D eigenvalue weighted by atomic mass is 32.2. The minimum atomic E-state index is -1.41. The summed E-state index contributed by atoms with van der Waals surface area (Å²) in [4.78, 5) is 0.0761. The molecule has 18 heavy (non-hydrogen) atoms. The second-order valence-corrected chi connectivity index (χ2v) is 6.69. The van der Waals surface area contributed by atoms with Gasteiger partial charge in [-0.25, -0.2) is 8.78 Å². The summed E-state index contributed by atoms with van der Waals surface area (Å²) in [6.07, 6.45) is 0.681. The zero-order chi connectivity index (χ0) is 13.8. The molecule has 5 heteroatoms. The Labute approximate surface area is 109 Å². The van der Waals surface area contributed by atoms with E-state index in [2.05, 4.69) is 5.32 Å². The zero-order valence-corrected chi connectivity index (χ0v) is 11.7. The highest BCUT2D eigenvalue weighted by Gasteiger charge is 2.12. The first kappa shape index (κ1) is 15.2. The first-order chi connectivity index (χ1) is 8.29. The molecule has 1 rings (SSSR count). The van der Waals surface area contributed by atoms with Crippen molar-refractivity contribution < 1.29 is 13.0 Å². The second-order valence-electron chi connectivity index (χ2n) is 5.15. The average molecular weight is 275 g/mol. The van der Waals surface area contributed by atoms with Crippen molar-refractivity contribution in [2.24, 2.45) is 0 Å². The van der Waals surface area contributed by atoms with Crippen molar-refractivity contribution in [2.75, 3.05) is 12.3 Å². The maximum Gasteiger partial charge on any atom is 0.142 e. The van der Waals surface area contributed by atoms with Crippen molar-refractivity contribution in [3.63, 3.8) is 0 Å². The molecule has 1 aromatic carbocycles. The van der Waals surface area contributed by atoms with Crippen LogP contribution in [0, 0.1) is 11.6 Å². The SMILES string of the molecule is CC(C)(C)NCCCS(=O)c1ccc(F)cc1F. The van der Waals surface area contributed by atoms with Crippen LogP contribution in [0.5, 0.6) is 0 Å². The lowest BCUT2D eigenvalue weighted by Crippen LogP contribution is -2.36. The molecule has 0 aromatic heterocycles. The molecule has 0 fully saturated rings. The van der Waals surface area contributed by atoms with Gasteiger partial charge in [-0.2, -0.15) is 0 Å². The number of halogens is 2. The molecule has 1 N–H and O–H groups in total. The standard InChI is InChI=1S/C13H19F2NOS/c1-13(2,3)16-7-4-8-18(17)12-6-5-10(14)9-11(12)15/h5-6,9,16H,4,7-8H2,1-3H3. The Morgan fingerprint density at radius 3 is 2.50 bits per heavy atom. The van der Waals surface area contributed by atoms with Crippen molar-refractivity contribution in [1.82, 2.24) is 5.32 Å². The molecule has 0 saturated carbocycles. The number of hydrogen-bond acceptors (Lipinski definition) is 2. The second kappa shape index (κ2) is 6.38. The Balaban J connectivity index is 2.46. The van der Waals surface area contributed by atoms with Gasteiger partial charge in [-0.3, -0.25) is 4.21 Å². The van der Waals surface area contributed by atoms with Gasteiger partial charge >= 0.3 is 0 Å². The number of hydrogen-bond donors (Lipinski definition) is 1. The highest BCUT2D eigenvalue weighted by Crippen LogP contribution is 2.14. The quantitative estimate of drug-likeness (QED) is 0.837. The average Bonchev–Trinajstić information content (AvgIpc) is 2.22. The van der Waals surface area contributed by atoms with Crippen molar-refractivity contribution in [2.45, 2.75) is 37.6 Å². The van der Waals surface area contributed by atoms with Gasteiger partial charge in [0.05, 0.1) is 15.7 Å². The molecule has 1 unspecified atom stereocenters. The van der Waals surface area contributed by atoms with E-state index in [4.69, 9.17) is 0 Å². The molecule has 102 valence electrons. The van der Waals surface area contributed by atoms with Crippen molar-refractivity contribution >= 4 is 10.8 Å². The summed E-state index contributed by atoms with van der Waals surface area (Å²) in [6, 6.07) is 3.14. The summed E-state index contributed by atoms with van der Waals surface area (Å²) in [5, 5.41) is 3.26. The number of rotatable bonds is 5. The molecule has 0 aliphatic carbocycles. The van der Waals surface area contributed by atoms with Gasteiger partial charge in [0.1, 0.15) is 11.6 Å². The summed E-state index contributed by atoms with van der Waals surface area (Å²) in [5.41, 5.74) is 0.0165. The summed E-state index contributed by atoms with van der Waals surface area (Å²) in [5.74, 6) is -1.02. The monoisotopic (exact) mass is 275 g/mol. The van der Waals surface area contributed by atoms with Crippen molar-refractivity contribution in [1.29, 1.82) is 0 Å². The first-order valence-corrected chi connectivity index (χ1v) is 7.20. The molecule has 2 nitrogen and oxygen atoms in total. The molecule has 0 saturated heterocycles. The van der Waals surface area contributed by atoms with Crippen molar-refractivity contribution in [3.05, 3.63) is 29.8 Å². The molecular formula is C13H19F2NOS. The van der Waals surface area contributed by atoms with Gasteiger partial charge in [-0.15, -0.1) is 0 Å². The molecule has 1 aromatic rings. The van der Waals surface area contributed by atoms with Gasteiger partial charge in [-0.1, -0.05) is 0 Å². The van der Waals surface area contributed by atoms with Gasteiger partial charge in [0.15, 0.2) is 0 Å². The van der Waals surface area contributed by atoms with Crippen LogP contribution in [0.25, 0.3) is 0 Å². The molecular weight excluding hydrogens is 256 g/mol. The largest absolute Gasteiger partial charge is 0.312 e. The van der Waals surface area contributed by atoms with Crippen LogP contribution in [-0.4, -0.2) is 22.0 Å². The Kier molecular flexibility index (Phi) is 5.41. The topological polar surface area (TPSA) is 29.1 Å². The molecule has 0 aliphatic heterocycles. The van der Waals surface area contributed by atoms with Crippen LogP contribution in [0.3, 0.4) is 0 Å². The van der Waals surface area contributed by atoms with Crippen LogP contribution in [0.2, 0.25) is 0 Å². The molecule has 0 radical (unpaired) electrons. The van der Waals surface area contributed by atoms with Crippen LogP contribution in [0.4, 0.5) is 8.78 Å². The number of nitrogens with one attached hydrogen (secondary N) is 1. The van der Waals surface area contributed by atoms with Gasteiger partial charge in [0, 0.05) is 17.4 Å². The fraction of sp³-hybridized carbons (Fsp3) is 0.538. The van der Waals surface area contributed by atoms with Gasteiger partial charge in [-0.05, 0) is 45.9 Å². The summed E-state index contributed by atoms with van der Waals surface area (Å²) < 4.78 is 37.9. The predicted octanol–water partition coefficient (Wildman–Crippen LogP) is 2.85. The van der Waals surface area contributed by atoms with Crippen molar-refractivity contribution in [3.8, 4) is 0 Å². The Bertz CT molecular complexity index is 429. The maximum absolute atomic E-state index is 13.4. The molecule has 1 atom stereocenters. The fourth-order valence-corrected chi connectivity index (χ4v) is 2.56. The van der Waals surface area contributed by atoms with E-state index in [-0.39, 0.29) is 10.4 Å². The predicted molar refractivity (Wildman–Crippen MR) is 70.0 cm³/mol. The van der Waals surface area contributed by atoms with E-state index in [1.165, 1.54) is 6.07 Å². The van der Waals surface area contributed by atoms with Crippen LogP contribution in [0.15, 0.2) is 23.1 Å². The molecule has 0 aliphatic rings. The van der Waals surface area contributed by atoms with Gasteiger partial charge < -0.3 is 5.32 Å². The zero-order valence-electron chi connectivity index (χ0n) is 10.9.